The van der Waals surface area contributed by atoms with E-state index >= 15 is 0 Å². The highest BCUT2D eigenvalue weighted by Crippen LogP contribution is 2.35. The first-order chi connectivity index (χ1) is 20.5. The molecule has 0 saturated heterocycles. The van der Waals surface area contributed by atoms with Gasteiger partial charge in [-0.1, -0.05) is 29.5 Å². The van der Waals surface area contributed by atoms with Crippen molar-refractivity contribution < 1.29 is 9.18 Å². The Balaban J connectivity index is 1.24. The van der Waals surface area contributed by atoms with Crippen molar-refractivity contribution >= 4 is 39.8 Å². The molecule has 0 fully saturated rings. The van der Waals surface area contributed by atoms with Gasteiger partial charge in [0.15, 0.2) is 0 Å². The quantitative estimate of drug-likeness (QED) is 0.264. The number of benzene rings is 3. The van der Waals surface area contributed by atoms with E-state index in [0.29, 0.717) is 39.8 Å². The number of amides is 1. The summed E-state index contributed by atoms with van der Waals surface area (Å²) in [6, 6.07) is 26.5. The molecule has 2 N–H and O–H groups in total. The standard InChI is InChI=1S/C31H22FN9O/c1-40-26-12-11-20(17-25(26)37-39-40)30(42)34-22-8-4-6-19(16-22)29-28(27-10-2-3-15-41(27)38-29)24-13-14-33-31(36-24)35-23-9-5-7-21(32)18-23/h2-18H,1H3,(H,34,42)(H,33,35,36). The second-order valence-electron chi connectivity index (χ2n) is 9.61. The lowest BCUT2D eigenvalue weighted by Crippen LogP contribution is -2.11. The maximum absolute atomic E-state index is 13.7. The van der Waals surface area contributed by atoms with Crippen LogP contribution in [-0.4, -0.2) is 40.5 Å². The number of anilines is 3. The molecule has 4 aromatic heterocycles. The average Bonchev–Trinajstić information content (AvgIpc) is 3.58. The predicted octanol–water partition coefficient (Wildman–Crippen LogP) is 5.88. The molecule has 4 heterocycles. The summed E-state index contributed by atoms with van der Waals surface area (Å²) in [5.41, 5.74) is 6.82. The van der Waals surface area contributed by atoms with Crippen LogP contribution < -0.4 is 10.6 Å². The molecule has 7 aromatic rings. The van der Waals surface area contributed by atoms with Gasteiger partial charge < -0.3 is 10.6 Å². The molecule has 11 heteroatoms. The summed E-state index contributed by atoms with van der Waals surface area (Å²) in [5, 5.41) is 19.0. The van der Waals surface area contributed by atoms with Gasteiger partial charge >= 0.3 is 0 Å². The Morgan fingerprint density at radius 1 is 0.881 bits per heavy atom. The molecule has 0 radical (unpaired) electrons. The minimum Gasteiger partial charge on any atom is -0.324 e. The van der Waals surface area contributed by atoms with Crippen LogP contribution in [0.5, 0.6) is 0 Å². The fourth-order valence-electron chi connectivity index (χ4n) is 4.84. The molecule has 0 spiro atoms. The van der Waals surface area contributed by atoms with Gasteiger partial charge in [-0.05, 0) is 66.7 Å². The molecule has 0 bridgehead atoms. The Kier molecular flexibility index (Phi) is 6.08. The highest BCUT2D eigenvalue weighted by Gasteiger charge is 2.19. The van der Waals surface area contributed by atoms with E-state index in [1.54, 1.807) is 52.8 Å². The van der Waals surface area contributed by atoms with Crippen molar-refractivity contribution in [1.29, 1.82) is 0 Å². The molecule has 1 amide bonds. The van der Waals surface area contributed by atoms with Crippen LogP contribution in [0.25, 0.3) is 39.1 Å². The number of hydrogen-bond acceptors (Lipinski definition) is 7. The van der Waals surface area contributed by atoms with E-state index in [4.69, 9.17) is 10.1 Å². The lowest BCUT2D eigenvalue weighted by atomic mass is 10.0. The summed E-state index contributed by atoms with van der Waals surface area (Å²) in [4.78, 5) is 22.2. The van der Waals surface area contributed by atoms with Crippen molar-refractivity contribution in [3.63, 3.8) is 0 Å². The molecule has 3 aromatic carbocycles. The monoisotopic (exact) mass is 555 g/mol. The Labute approximate surface area is 238 Å². The summed E-state index contributed by atoms with van der Waals surface area (Å²) in [6.45, 7) is 0. The van der Waals surface area contributed by atoms with E-state index in [-0.39, 0.29) is 11.7 Å². The number of aromatic nitrogens is 7. The molecule has 204 valence electrons. The number of rotatable bonds is 6. The van der Waals surface area contributed by atoms with Gasteiger partial charge in [0.2, 0.25) is 5.95 Å². The molecule has 0 aliphatic heterocycles. The zero-order valence-corrected chi connectivity index (χ0v) is 22.2. The molecular weight excluding hydrogens is 533 g/mol. The first-order valence-electron chi connectivity index (χ1n) is 13.1. The number of hydrogen-bond donors (Lipinski definition) is 2. The van der Waals surface area contributed by atoms with Gasteiger partial charge in [-0.15, -0.1) is 5.10 Å². The number of carbonyl (C=O) groups is 1. The number of aryl methyl sites for hydroxylation is 1. The predicted molar refractivity (Wildman–Crippen MR) is 158 cm³/mol. The molecular formula is C31H22FN9O. The Bertz CT molecular complexity index is 2120. The smallest absolute Gasteiger partial charge is 0.255 e. The Morgan fingerprint density at radius 3 is 2.67 bits per heavy atom. The summed E-state index contributed by atoms with van der Waals surface area (Å²) >= 11 is 0. The van der Waals surface area contributed by atoms with E-state index in [1.807, 2.05) is 54.7 Å². The third-order valence-corrected chi connectivity index (χ3v) is 6.80. The SMILES string of the molecule is Cn1nnc2cc(C(=O)Nc3cccc(-c4nn5ccccc5c4-c4ccnc(Nc5cccc(F)c5)n4)c3)ccc21. The van der Waals surface area contributed by atoms with Gasteiger partial charge in [0.1, 0.15) is 17.0 Å². The van der Waals surface area contributed by atoms with Crippen LogP contribution >= 0.6 is 0 Å². The summed E-state index contributed by atoms with van der Waals surface area (Å²) in [5.74, 6) is -0.304. The number of nitrogens with zero attached hydrogens (tertiary/aromatic N) is 7. The molecule has 0 aliphatic rings. The molecule has 0 aliphatic carbocycles. The zero-order valence-electron chi connectivity index (χ0n) is 22.2. The van der Waals surface area contributed by atoms with E-state index in [0.717, 1.165) is 22.2 Å². The van der Waals surface area contributed by atoms with Crippen molar-refractivity contribution in [3.8, 4) is 22.5 Å². The second-order valence-corrected chi connectivity index (χ2v) is 9.61. The third-order valence-electron chi connectivity index (χ3n) is 6.80. The van der Waals surface area contributed by atoms with Gasteiger partial charge in [0.25, 0.3) is 5.91 Å². The number of pyridine rings is 1. The van der Waals surface area contributed by atoms with Crippen LogP contribution in [0.15, 0.2) is 103 Å². The minimum absolute atomic E-state index is 0.265. The van der Waals surface area contributed by atoms with Crippen LogP contribution in [0.2, 0.25) is 0 Å². The Morgan fingerprint density at radius 2 is 1.76 bits per heavy atom. The largest absolute Gasteiger partial charge is 0.324 e. The van der Waals surface area contributed by atoms with E-state index < -0.39 is 0 Å². The maximum atomic E-state index is 13.7. The third kappa shape index (κ3) is 4.68. The van der Waals surface area contributed by atoms with Crippen molar-refractivity contribution in [2.45, 2.75) is 0 Å². The number of nitrogens with one attached hydrogen (secondary N) is 2. The fourth-order valence-corrected chi connectivity index (χ4v) is 4.84. The maximum Gasteiger partial charge on any atom is 0.255 e. The first kappa shape index (κ1) is 25.0. The van der Waals surface area contributed by atoms with Crippen LogP contribution in [0, 0.1) is 5.82 Å². The van der Waals surface area contributed by atoms with Gasteiger partial charge in [0, 0.05) is 41.9 Å². The number of fused-ring (bicyclic) bond motifs is 2. The van der Waals surface area contributed by atoms with E-state index in [2.05, 4.69) is 25.9 Å². The molecule has 42 heavy (non-hydrogen) atoms. The first-order valence-corrected chi connectivity index (χ1v) is 13.1. The summed E-state index contributed by atoms with van der Waals surface area (Å²) < 4.78 is 17.2. The molecule has 0 saturated carbocycles. The number of halogens is 1. The highest BCUT2D eigenvalue weighted by atomic mass is 19.1. The summed E-state index contributed by atoms with van der Waals surface area (Å²) in [6.07, 6.45) is 3.51. The van der Waals surface area contributed by atoms with Gasteiger partial charge in [0.05, 0.1) is 22.3 Å². The van der Waals surface area contributed by atoms with E-state index in [1.165, 1.54) is 12.1 Å². The lowest BCUT2D eigenvalue weighted by Gasteiger charge is -2.09. The van der Waals surface area contributed by atoms with Gasteiger partial charge in [-0.2, -0.15) is 5.10 Å². The topological polar surface area (TPSA) is 115 Å². The average molecular weight is 556 g/mol. The van der Waals surface area contributed by atoms with Crippen molar-refractivity contribution in [1.82, 2.24) is 34.6 Å². The number of carbonyl (C=O) groups excluding carboxylic acids is 1. The van der Waals surface area contributed by atoms with Crippen LogP contribution in [0.4, 0.5) is 21.7 Å². The molecule has 10 nitrogen and oxygen atoms in total. The van der Waals surface area contributed by atoms with Crippen molar-refractivity contribution in [2.75, 3.05) is 10.6 Å². The van der Waals surface area contributed by atoms with Gasteiger partial charge in [-0.3, -0.25) is 4.79 Å². The molecule has 7 rings (SSSR count). The van der Waals surface area contributed by atoms with Crippen molar-refractivity contribution in [2.24, 2.45) is 7.05 Å². The molecule has 0 unspecified atom stereocenters. The fraction of sp³-hybridized carbons (Fsp3) is 0.0323. The van der Waals surface area contributed by atoms with E-state index in [9.17, 15) is 9.18 Å². The van der Waals surface area contributed by atoms with Crippen molar-refractivity contribution in [3.05, 3.63) is 115 Å². The second kappa shape index (κ2) is 10.2. The van der Waals surface area contributed by atoms with Crippen LogP contribution in [0.3, 0.4) is 0 Å². The Hall–Kier alpha value is -5.97. The molecule has 0 atom stereocenters. The van der Waals surface area contributed by atoms with Gasteiger partial charge in [-0.25, -0.2) is 23.6 Å². The highest BCUT2D eigenvalue weighted by molar-refractivity contribution is 6.06. The minimum atomic E-state index is -0.359. The lowest BCUT2D eigenvalue weighted by molar-refractivity contribution is 0.102. The summed E-state index contributed by atoms with van der Waals surface area (Å²) in [7, 11) is 1.80. The van der Waals surface area contributed by atoms with Crippen LogP contribution in [0.1, 0.15) is 10.4 Å². The normalized spacial score (nSPS) is 11.2. The van der Waals surface area contributed by atoms with Crippen LogP contribution in [-0.2, 0) is 7.05 Å². The zero-order chi connectivity index (χ0) is 28.6.